The Hall–Kier alpha value is -1.18. The molecule has 0 saturated heterocycles. The Balaban J connectivity index is 2.73. The summed E-state index contributed by atoms with van der Waals surface area (Å²) in [5.41, 5.74) is 1.02. The lowest BCUT2D eigenvalue weighted by molar-refractivity contribution is 0.371. The first kappa shape index (κ1) is 13.9. The number of ether oxygens (including phenoxy) is 1. The van der Waals surface area contributed by atoms with Crippen molar-refractivity contribution < 1.29 is 9.84 Å². The van der Waals surface area contributed by atoms with Gasteiger partial charge in [0.05, 0.1) is 11.6 Å². The largest absolute Gasteiger partial charge is 0.503 e. The summed E-state index contributed by atoms with van der Waals surface area (Å²) in [6, 6.07) is 3.92. The summed E-state index contributed by atoms with van der Waals surface area (Å²) in [5, 5.41) is 13.0. The van der Waals surface area contributed by atoms with Gasteiger partial charge in [-0.1, -0.05) is 0 Å². The molecule has 92 valence electrons. The lowest BCUT2D eigenvalue weighted by atomic mass is 10.1. The smallest absolute Gasteiger partial charge is 0.172 e. The van der Waals surface area contributed by atoms with Crippen LogP contribution in [0.3, 0.4) is 0 Å². The first-order valence-electron chi connectivity index (χ1n) is 5.30. The summed E-state index contributed by atoms with van der Waals surface area (Å²) in [7, 11) is 1.53. The van der Waals surface area contributed by atoms with Crippen molar-refractivity contribution in [2.75, 3.05) is 7.11 Å². The van der Waals surface area contributed by atoms with E-state index in [1.807, 2.05) is 13.0 Å². The third kappa shape index (κ3) is 3.95. The number of hydrogen-bond acceptors (Lipinski definition) is 3. The number of terminal acetylenes is 1. The molecule has 2 N–H and O–H groups in total. The maximum Gasteiger partial charge on any atom is 0.172 e. The van der Waals surface area contributed by atoms with Crippen LogP contribution >= 0.6 is 15.9 Å². The minimum Gasteiger partial charge on any atom is -0.503 e. The summed E-state index contributed by atoms with van der Waals surface area (Å²) in [4.78, 5) is 0. The summed E-state index contributed by atoms with van der Waals surface area (Å²) >= 11 is 3.29. The van der Waals surface area contributed by atoms with Crippen molar-refractivity contribution in [2.24, 2.45) is 0 Å². The van der Waals surface area contributed by atoms with Gasteiger partial charge in [-0.25, -0.2) is 0 Å². The number of methoxy groups -OCH3 is 1. The topological polar surface area (TPSA) is 41.5 Å². The van der Waals surface area contributed by atoms with Crippen LogP contribution in [0, 0.1) is 12.3 Å². The molecular weight excluding hydrogens is 282 g/mol. The van der Waals surface area contributed by atoms with Gasteiger partial charge in [-0.2, -0.15) is 0 Å². The fourth-order valence-electron chi connectivity index (χ4n) is 1.43. The van der Waals surface area contributed by atoms with E-state index in [0.29, 0.717) is 23.2 Å². The van der Waals surface area contributed by atoms with E-state index in [-0.39, 0.29) is 11.8 Å². The SMILES string of the molecule is C#CCC(C)NCc1cc(Br)c(O)c(OC)c1. The monoisotopic (exact) mass is 297 g/mol. The van der Waals surface area contributed by atoms with Crippen LogP contribution in [-0.2, 0) is 6.54 Å². The van der Waals surface area contributed by atoms with E-state index in [1.54, 1.807) is 6.07 Å². The lowest BCUT2D eigenvalue weighted by Gasteiger charge is -2.13. The highest BCUT2D eigenvalue weighted by atomic mass is 79.9. The highest BCUT2D eigenvalue weighted by Gasteiger charge is 2.09. The zero-order chi connectivity index (χ0) is 12.8. The molecule has 1 aromatic carbocycles. The molecule has 0 aliphatic rings. The van der Waals surface area contributed by atoms with Crippen LogP contribution in [0.15, 0.2) is 16.6 Å². The molecule has 0 fully saturated rings. The lowest BCUT2D eigenvalue weighted by Crippen LogP contribution is -2.24. The Bertz CT molecular complexity index is 426. The zero-order valence-electron chi connectivity index (χ0n) is 9.96. The van der Waals surface area contributed by atoms with E-state index >= 15 is 0 Å². The van der Waals surface area contributed by atoms with Crippen LogP contribution in [-0.4, -0.2) is 18.3 Å². The second kappa shape index (κ2) is 6.53. The molecule has 3 nitrogen and oxygen atoms in total. The van der Waals surface area contributed by atoms with E-state index in [1.165, 1.54) is 7.11 Å². The molecule has 1 aromatic rings. The quantitative estimate of drug-likeness (QED) is 0.821. The minimum absolute atomic E-state index is 0.118. The third-order valence-electron chi connectivity index (χ3n) is 2.39. The molecule has 4 heteroatoms. The molecule has 0 saturated carbocycles. The fourth-order valence-corrected chi connectivity index (χ4v) is 1.92. The number of phenols is 1. The molecule has 1 atom stereocenters. The number of nitrogens with one attached hydrogen (secondary N) is 1. The second-order valence-corrected chi connectivity index (χ2v) is 4.67. The van der Waals surface area contributed by atoms with Gasteiger partial charge in [0, 0.05) is 19.0 Å². The molecule has 0 amide bonds. The van der Waals surface area contributed by atoms with Crippen LogP contribution < -0.4 is 10.1 Å². The molecule has 1 rings (SSSR count). The molecule has 17 heavy (non-hydrogen) atoms. The van der Waals surface area contributed by atoms with Crippen LogP contribution in [0.2, 0.25) is 0 Å². The van der Waals surface area contributed by atoms with Gasteiger partial charge >= 0.3 is 0 Å². The maximum atomic E-state index is 9.66. The summed E-state index contributed by atoms with van der Waals surface area (Å²) < 4.78 is 5.70. The molecule has 0 bridgehead atoms. The van der Waals surface area contributed by atoms with Crippen molar-refractivity contribution in [3.8, 4) is 23.8 Å². The Labute approximate surface area is 110 Å². The van der Waals surface area contributed by atoms with Crippen molar-refractivity contribution in [1.29, 1.82) is 0 Å². The number of aromatic hydroxyl groups is 1. The Kier molecular flexibility index (Phi) is 5.33. The Morgan fingerprint density at radius 2 is 2.29 bits per heavy atom. The van der Waals surface area contributed by atoms with Gasteiger partial charge in [-0.3, -0.25) is 0 Å². The average Bonchev–Trinajstić information content (AvgIpc) is 2.31. The van der Waals surface area contributed by atoms with Gasteiger partial charge in [0.1, 0.15) is 0 Å². The molecule has 1 unspecified atom stereocenters. The summed E-state index contributed by atoms with van der Waals surface area (Å²) in [5.74, 6) is 3.19. The number of hydrogen-bond donors (Lipinski definition) is 2. The van der Waals surface area contributed by atoms with Gasteiger partial charge in [0.15, 0.2) is 11.5 Å². The van der Waals surface area contributed by atoms with E-state index in [4.69, 9.17) is 11.2 Å². The highest BCUT2D eigenvalue weighted by molar-refractivity contribution is 9.10. The number of rotatable bonds is 5. The van der Waals surface area contributed by atoms with E-state index in [0.717, 1.165) is 5.56 Å². The molecule has 0 heterocycles. The van der Waals surface area contributed by atoms with E-state index < -0.39 is 0 Å². The van der Waals surface area contributed by atoms with E-state index in [9.17, 15) is 5.11 Å². The van der Waals surface area contributed by atoms with Gasteiger partial charge in [-0.05, 0) is 40.5 Å². The van der Waals surface area contributed by atoms with Crippen molar-refractivity contribution in [1.82, 2.24) is 5.32 Å². The van der Waals surface area contributed by atoms with Gasteiger partial charge < -0.3 is 15.2 Å². The minimum atomic E-state index is 0.118. The molecule has 0 aliphatic carbocycles. The average molecular weight is 298 g/mol. The first-order valence-corrected chi connectivity index (χ1v) is 6.10. The van der Waals surface area contributed by atoms with Crippen molar-refractivity contribution >= 4 is 15.9 Å². The van der Waals surface area contributed by atoms with Gasteiger partial charge in [-0.15, -0.1) is 12.3 Å². The predicted molar refractivity (Wildman–Crippen MR) is 72.1 cm³/mol. The van der Waals surface area contributed by atoms with Crippen LogP contribution in [0.25, 0.3) is 0 Å². The molecular formula is C13H16BrNO2. The standard InChI is InChI=1S/C13H16BrNO2/c1-4-5-9(2)15-8-10-6-11(14)13(16)12(7-10)17-3/h1,6-7,9,15-16H,5,8H2,2-3H3. The fraction of sp³-hybridized carbons (Fsp3) is 0.385. The summed E-state index contributed by atoms with van der Waals surface area (Å²) in [6.07, 6.45) is 5.93. The number of benzene rings is 1. The normalized spacial score (nSPS) is 11.9. The van der Waals surface area contributed by atoms with E-state index in [2.05, 4.69) is 27.2 Å². The highest BCUT2D eigenvalue weighted by Crippen LogP contribution is 2.35. The molecule has 0 aliphatic heterocycles. The number of halogens is 1. The molecule has 0 spiro atoms. The van der Waals surface area contributed by atoms with Crippen LogP contribution in [0.1, 0.15) is 18.9 Å². The second-order valence-electron chi connectivity index (χ2n) is 3.82. The molecule has 0 radical (unpaired) electrons. The summed E-state index contributed by atoms with van der Waals surface area (Å²) in [6.45, 7) is 2.71. The molecule has 0 aromatic heterocycles. The van der Waals surface area contributed by atoms with Crippen molar-refractivity contribution in [2.45, 2.75) is 25.9 Å². The van der Waals surface area contributed by atoms with Gasteiger partial charge in [0.2, 0.25) is 0 Å². The predicted octanol–water partition coefficient (Wildman–Crippen LogP) is 2.66. The number of phenolic OH excluding ortho intramolecular Hbond substituents is 1. The van der Waals surface area contributed by atoms with Crippen LogP contribution in [0.4, 0.5) is 0 Å². The van der Waals surface area contributed by atoms with Crippen molar-refractivity contribution in [3.63, 3.8) is 0 Å². The van der Waals surface area contributed by atoms with Crippen LogP contribution in [0.5, 0.6) is 11.5 Å². The maximum absolute atomic E-state index is 9.66. The Morgan fingerprint density at radius 1 is 1.59 bits per heavy atom. The zero-order valence-corrected chi connectivity index (χ0v) is 11.5. The first-order chi connectivity index (χ1) is 8.08. The Morgan fingerprint density at radius 3 is 2.88 bits per heavy atom. The third-order valence-corrected chi connectivity index (χ3v) is 2.99. The van der Waals surface area contributed by atoms with Gasteiger partial charge in [0.25, 0.3) is 0 Å². The van der Waals surface area contributed by atoms with Crippen molar-refractivity contribution in [3.05, 3.63) is 22.2 Å².